The van der Waals surface area contributed by atoms with Crippen molar-refractivity contribution in [2.75, 3.05) is 33.5 Å². The molecule has 0 radical (unpaired) electrons. The number of ether oxygens (including phenoxy) is 4. The van der Waals surface area contributed by atoms with Gasteiger partial charge in [-0.25, -0.2) is 0 Å². The summed E-state index contributed by atoms with van der Waals surface area (Å²) >= 11 is 5.29. The van der Waals surface area contributed by atoms with Crippen LogP contribution in [0.3, 0.4) is 0 Å². The van der Waals surface area contributed by atoms with Gasteiger partial charge in [0.2, 0.25) is 0 Å². The van der Waals surface area contributed by atoms with Gasteiger partial charge in [-0.2, -0.15) is 0 Å². The number of carbonyl (C=O) groups is 1. The lowest BCUT2D eigenvalue weighted by atomic mass is 10.1. The van der Waals surface area contributed by atoms with Gasteiger partial charge in [0.05, 0.1) is 13.2 Å². The van der Waals surface area contributed by atoms with E-state index in [4.69, 9.17) is 31.2 Å². The molecule has 7 nitrogen and oxygen atoms in total. The molecule has 1 fully saturated rings. The minimum atomic E-state index is -0.128. The molecule has 1 N–H and O–H groups in total. The number of benzene rings is 2. The van der Waals surface area contributed by atoms with Crippen LogP contribution in [0.2, 0.25) is 0 Å². The second-order valence-electron chi connectivity index (χ2n) is 7.30. The second-order valence-corrected chi connectivity index (χ2v) is 7.68. The van der Waals surface area contributed by atoms with E-state index in [9.17, 15) is 4.79 Å². The highest BCUT2D eigenvalue weighted by Gasteiger charge is 2.29. The maximum absolute atomic E-state index is 12.6. The summed E-state index contributed by atoms with van der Waals surface area (Å²) in [6, 6.07) is 13.3. The number of rotatable bonds is 12. The standard InChI is InChI=1S/C25H30N2O5S/c1-4-30-22-12-9-19(16-23(22)31-5-2)17-32-20-10-7-18(8-11-20)15-21-24(28)27(25(33)26-21)13-6-14-29-3/h7-12,15-16H,4-6,13-14,17H2,1-3H3,(H,26,33)/b21-15+. The number of amides is 1. The molecule has 3 rings (SSSR count). The van der Waals surface area contributed by atoms with Gasteiger partial charge in [0.1, 0.15) is 18.1 Å². The average molecular weight is 471 g/mol. The van der Waals surface area contributed by atoms with Crippen LogP contribution in [0.25, 0.3) is 6.08 Å². The van der Waals surface area contributed by atoms with E-state index in [1.54, 1.807) is 18.1 Å². The molecule has 1 aliphatic rings. The second kappa shape index (κ2) is 12.2. The Morgan fingerprint density at radius 1 is 1.00 bits per heavy atom. The third-order valence-electron chi connectivity index (χ3n) is 4.90. The van der Waals surface area contributed by atoms with Crippen LogP contribution < -0.4 is 19.5 Å². The molecular weight excluding hydrogens is 440 g/mol. The number of carbonyl (C=O) groups excluding carboxylic acids is 1. The lowest BCUT2D eigenvalue weighted by Crippen LogP contribution is -2.32. The Morgan fingerprint density at radius 3 is 2.42 bits per heavy atom. The van der Waals surface area contributed by atoms with Crippen LogP contribution in [0.1, 0.15) is 31.4 Å². The lowest BCUT2D eigenvalue weighted by molar-refractivity contribution is -0.122. The number of methoxy groups -OCH3 is 1. The van der Waals surface area contributed by atoms with Crippen LogP contribution in [-0.2, 0) is 16.1 Å². The highest BCUT2D eigenvalue weighted by atomic mass is 32.1. The van der Waals surface area contributed by atoms with E-state index in [0.29, 0.717) is 49.5 Å². The van der Waals surface area contributed by atoms with Gasteiger partial charge >= 0.3 is 0 Å². The molecule has 8 heteroatoms. The minimum absolute atomic E-state index is 0.128. The molecule has 0 bridgehead atoms. The van der Waals surface area contributed by atoms with Gasteiger partial charge in [0.15, 0.2) is 16.6 Å². The molecule has 1 amide bonds. The maximum Gasteiger partial charge on any atom is 0.276 e. The van der Waals surface area contributed by atoms with Crippen molar-refractivity contribution in [3.8, 4) is 17.2 Å². The number of thiocarbonyl (C=S) groups is 1. The predicted octanol–water partition coefficient (Wildman–Crippen LogP) is 4.16. The molecule has 1 heterocycles. The van der Waals surface area contributed by atoms with Crippen molar-refractivity contribution in [1.29, 1.82) is 0 Å². The fourth-order valence-corrected chi connectivity index (χ4v) is 3.60. The lowest BCUT2D eigenvalue weighted by Gasteiger charge is -2.13. The molecule has 0 spiro atoms. The Kier molecular flexibility index (Phi) is 9.09. The van der Waals surface area contributed by atoms with Crippen LogP contribution in [0.4, 0.5) is 0 Å². The van der Waals surface area contributed by atoms with Gasteiger partial charge in [-0.15, -0.1) is 0 Å². The van der Waals surface area contributed by atoms with Crippen molar-refractivity contribution in [3.63, 3.8) is 0 Å². The molecule has 0 aliphatic carbocycles. The van der Waals surface area contributed by atoms with Gasteiger partial charge in [0, 0.05) is 20.3 Å². The number of nitrogens with zero attached hydrogens (tertiary/aromatic N) is 1. The molecule has 2 aromatic rings. The summed E-state index contributed by atoms with van der Waals surface area (Å²) in [6.45, 7) is 6.54. The fourth-order valence-electron chi connectivity index (χ4n) is 3.32. The first kappa shape index (κ1) is 24.5. The van der Waals surface area contributed by atoms with E-state index in [0.717, 1.165) is 29.0 Å². The van der Waals surface area contributed by atoms with Gasteiger partial charge in [-0.1, -0.05) is 18.2 Å². The normalized spacial score (nSPS) is 14.5. The minimum Gasteiger partial charge on any atom is -0.490 e. The molecule has 1 aliphatic heterocycles. The zero-order valence-corrected chi connectivity index (χ0v) is 20.1. The smallest absolute Gasteiger partial charge is 0.276 e. The average Bonchev–Trinajstić information content (AvgIpc) is 3.08. The van der Waals surface area contributed by atoms with Crippen molar-refractivity contribution >= 4 is 29.3 Å². The molecule has 0 saturated carbocycles. The first-order chi connectivity index (χ1) is 16.0. The van der Waals surface area contributed by atoms with Gasteiger partial charge in [-0.3, -0.25) is 9.69 Å². The summed E-state index contributed by atoms with van der Waals surface area (Å²) in [4.78, 5) is 14.2. The summed E-state index contributed by atoms with van der Waals surface area (Å²) in [6.07, 6.45) is 2.51. The molecule has 0 aromatic heterocycles. The number of hydrogen-bond acceptors (Lipinski definition) is 6. The quantitative estimate of drug-likeness (QED) is 0.284. The monoisotopic (exact) mass is 470 g/mol. The highest BCUT2D eigenvalue weighted by molar-refractivity contribution is 7.80. The first-order valence-corrected chi connectivity index (χ1v) is 11.4. The SMILES string of the molecule is CCOc1ccc(COc2ccc(/C=C3/NC(=S)N(CCCOC)C3=O)cc2)cc1OCC. The van der Waals surface area contributed by atoms with Crippen molar-refractivity contribution < 1.29 is 23.7 Å². The largest absolute Gasteiger partial charge is 0.490 e. The van der Waals surface area contributed by atoms with E-state index in [1.165, 1.54) is 0 Å². The Bertz CT molecular complexity index is 991. The van der Waals surface area contributed by atoms with E-state index >= 15 is 0 Å². The molecular formula is C25H30N2O5S. The van der Waals surface area contributed by atoms with E-state index in [2.05, 4.69) is 5.32 Å². The summed E-state index contributed by atoms with van der Waals surface area (Å²) in [5, 5.41) is 3.41. The zero-order chi connectivity index (χ0) is 23.6. The van der Waals surface area contributed by atoms with Crippen LogP contribution in [-0.4, -0.2) is 49.4 Å². The van der Waals surface area contributed by atoms with E-state index < -0.39 is 0 Å². The van der Waals surface area contributed by atoms with E-state index in [-0.39, 0.29) is 5.91 Å². The third-order valence-corrected chi connectivity index (χ3v) is 5.22. The molecule has 0 unspecified atom stereocenters. The topological polar surface area (TPSA) is 69.3 Å². The van der Waals surface area contributed by atoms with E-state index in [1.807, 2.05) is 56.3 Å². The fraction of sp³-hybridized carbons (Fsp3) is 0.360. The summed E-state index contributed by atoms with van der Waals surface area (Å²) in [5.41, 5.74) is 2.32. The zero-order valence-electron chi connectivity index (χ0n) is 19.3. The van der Waals surface area contributed by atoms with Crippen molar-refractivity contribution in [3.05, 3.63) is 59.3 Å². The first-order valence-electron chi connectivity index (χ1n) is 11.0. The summed E-state index contributed by atoms with van der Waals surface area (Å²) < 4.78 is 22.2. The Balaban J connectivity index is 1.60. The molecule has 2 aromatic carbocycles. The Labute approximate surface area is 200 Å². The van der Waals surface area contributed by atoms with Gasteiger partial charge in [0.25, 0.3) is 5.91 Å². The van der Waals surface area contributed by atoms with Crippen LogP contribution in [0.15, 0.2) is 48.2 Å². The van der Waals surface area contributed by atoms with Crippen molar-refractivity contribution in [2.24, 2.45) is 0 Å². The molecule has 1 saturated heterocycles. The predicted molar refractivity (Wildman–Crippen MR) is 131 cm³/mol. The molecule has 176 valence electrons. The van der Waals surface area contributed by atoms with Crippen molar-refractivity contribution in [2.45, 2.75) is 26.9 Å². The van der Waals surface area contributed by atoms with Gasteiger partial charge in [-0.05, 0) is 74.0 Å². The summed E-state index contributed by atoms with van der Waals surface area (Å²) in [7, 11) is 1.64. The van der Waals surface area contributed by atoms with Crippen molar-refractivity contribution in [1.82, 2.24) is 10.2 Å². The van der Waals surface area contributed by atoms with Gasteiger partial charge < -0.3 is 24.3 Å². The molecule has 33 heavy (non-hydrogen) atoms. The number of nitrogens with one attached hydrogen (secondary N) is 1. The maximum atomic E-state index is 12.6. The Morgan fingerprint density at radius 2 is 1.73 bits per heavy atom. The number of hydrogen-bond donors (Lipinski definition) is 1. The van der Waals surface area contributed by atoms with Crippen LogP contribution >= 0.6 is 12.2 Å². The Hall–Kier alpha value is -3.10. The third kappa shape index (κ3) is 6.69. The van der Waals surface area contributed by atoms with Crippen LogP contribution in [0.5, 0.6) is 17.2 Å². The summed E-state index contributed by atoms with van der Waals surface area (Å²) in [5.74, 6) is 2.04. The highest BCUT2D eigenvalue weighted by Crippen LogP contribution is 2.29. The molecule has 0 atom stereocenters. The van der Waals surface area contributed by atoms with Crippen LogP contribution in [0, 0.1) is 0 Å².